The molecule has 1 aromatic carbocycles. The number of rotatable bonds is 5. The summed E-state index contributed by atoms with van der Waals surface area (Å²) in [7, 11) is -3.90. The van der Waals surface area contributed by atoms with Gasteiger partial charge in [-0.15, -0.1) is 0 Å². The summed E-state index contributed by atoms with van der Waals surface area (Å²) >= 11 is 0. The first kappa shape index (κ1) is 15.0. The van der Waals surface area contributed by atoms with Gasteiger partial charge in [0.05, 0.1) is 0 Å². The summed E-state index contributed by atoms with van der Waals surface area (Å²) in [5.74, 6) is 1.15. The number of benzene rings is 1. The van der Waals surface area contributed by atoms with Crippen molar-refractivity contribution in [3.63, 3.8) is 0 Å². The number of pyridine rings is 2. The van der Waals surface area contributed by atoms with Crippen molar-refractivity contribution < 1.29 is 17.3 Å². The van der Waals surface area contributed by atoms with E-state index >= 15 is 0 Å². The minimum absolute atomic E-state index is 0.00573. The molecule has 6 nitrogen and oxygen atoms in total. The van der Waals surface area contributed by atoms with Gasteiger partial charge in [0.15, 0.2) is 0 Å². The molecule has 0 aliphatic heterocycles. The molecule has 2 aromatic heterocycles. The van der Waals surface area contributed by atoms with Crippen LogP contribution in [0.25, 0.3) is 0 Å². The second-order valence-electron chi connectivity index (χ2n) is 4.47. The van der Waals surface area contributed by atoms with Crippen LogP contribution in [0.2, 0.25) is 0 Å². The fourth-order valence-electron chi connectivity index (χ4n) is 1.76. The van der Waals surface area contributed by atoms with Crippen LogP contribution in [-0.4, -0.2) is 18.4 Å². The molecule has 0 saturated carbocycles. The molecule has 0 atom stereocenters. The summed E-state index contributed by atoms with van der Waals surface area (Å²) in [6.45, 7) is 0. The maximum Gasteiger partial charge on any atom is 0.340 e. The molecule has 3 aromatic rings. The number of ether oxygens (including phenoxy) is 1. The lowest BCUT2D eigenvalue weighted by Crippen LogP contribution is -2.09. The molecule has 23 heavy (non-hydrogen) atoms. The molecule has 0 aliphatic carbocycles. The largest absolute Gasteiger partial charge is 0.439 e. The second-order valence-corrected chi connectivity index (χ2v) is 6.01. The van der Waals surface area contributed by atoms with Gasteiger partial charge in [0, 0.05) is 24.7 Å². The number of hydrogen-bond acceptors (Lipinski definition) is 6. The van der Waals surface area contributed by atoms with Gasteiger partial charge in [-0.2, -0.15) is 8.42 Å². The van der Waals surface area contributed by atoms with Crippen LogP contribution in [-0.2, 0) is 10.1 Å². The Bertz CT molecular complexity index is 867. The quantitative estimate of drug-likeness (QED) is 0.670. The molecule has 0 radical (unpaired) electrons. The lowest BCUT2D eigenvalue weighted by molar-refractivity contribution is 0.459. The van der Waals surface area contributed by atoms with E-state index in [0.717, 1.165) is 0 Å². The molecule has 0 saturated heterocycles. The summed E-state index contributed by atoms with van der Waals surface area (Å²) in [6.07, 6.45) is 4.34. The summed E-state index contributed by atoms with van der Waals surface area (Å²) in [5.41, 5.74) is 0. The Kier molecular flexibility index (Phi) is 4.20. The Hall–Kier alpha value is -2.93. The molecule has 0 spiro atoms. The average Bonchev–Trinajstić information content (AvgIpc) is 2.58. The van der Waals surface area contributed by atoms with Crippen LogP contribution in [0.15, 0.2) is 78.1 Å². The molecule has 0 amide bonds. The number of hydrogen-bond donors (Lipinski definition) is 0. The molecule has 0 fully saturated rings. The van der Waals surface area contributed by atoms with Crippen molar-refractivity contribution >= 4 is 10.1 Å². The van der Waals surface area contributed by atoms with Crippen LogP contribution in [0.4, 0.5) is 0 Å². The van der Waals surface area contributed by atoms with Gasteiger partial charge in [-0.25, -0.2) is 4.98 Å². The Balaban J connectivity index is 1.73. The maximum absolute atomic E-state index is 12.1. The van der Waals surface area contributed by atoms with Crippen molar-refractivity contribution in [2.24, 2.45) is 0 Å². The highest BCUT2D eigenvalue weighted by molar-refractivity contribution is 7.87. The fourth-order valence-corrected chi connectivity index (χ4v) is 2.66. The topological polar surface area (TPSA) is 78.4 Å². The predicted molar refractivity (Wildman–Crippen MR) is 82.8 cm³/mol. The first-order valence-electron chi connectivity index (χ1n) is 6.67. The summed E-state index contributed by atoms with van der Waals surface area (Å²) < 4.78 is 34.7. The number of aromatic nitrogens is 2. The molecule has 116 valence electrons. The third-order valence-electron chi connectivity index (χ3n) is 2.81. The second kappa shape index (κ2) is 6.45. The molecule has 3 rings (SSSR count). The lowest BCUT2D eigenvalue weighted by Gasteiger charge is -2.08. The van der Waals surface area contributed by atoms with Crippen molar-refractivity contribution in [1.82, 2.24) is 9.97 Å². The van der Waals surface area contributed by atoms with Gasteiger partial charge in [0.1, 0.15) is 16.4 Å². The molecule has 0 bridgehead atoms. The van der Waals surface area contributed by atoms with Crippen molar-refractivity contribution in [2.45, 2.75) is 4.90 Å². The average molecular weight is 328 g/mol. The minimum Gasteiger partial charge on any atom is -0.439 e. The van der Waals surface area contributed by atoms with E-state index in [1.165, 1.54) is 36.7 Å². The van der Waals surface area contributed by atoms with Crippen LogP contribution in [0.5, 0.6) is 17.4 Å². The van der Waals surface area contributed by atoms with E-state index in [2.05, 4.69) is 9.97 Å². The molecular formula is C16H12N2O4S. The number of nitrogens with zero attached hydrogens (tertiary/aromatic N) is 2. The van der Waals surface area contributed by atoms with Gasteiger partial charge in [0.2, 0.25) is 5.88 Å². The van der Waals surface area contributed by atoms with E-state index in [1.807, 2.05) is 0 Å². The zero-order valence-corrected chi connectivity index (χ0v) is 12.7. The van der Waals surface area contributed by atoms with Crippen molar-refractivity contribution in [1.29, 1.82) is 0 Å². The maximum atomic E-state index is 12.1. The van der Waals surface area contributed by atoms with Crippen molar-refractivity contribution in [3.05, 3.63) is 73.2 Å². The van der Waals surface area contributed by atoms with Gasteiger partial charge < -0.3 is 8.92 Å². The first-order chi connectivity index (χ1) is 11.1. The third kappa shape index (κ3) is 3.83. The fraction of sp³-hybridized carbons (Fsp3) is 0. The van der Waals surface area contributed by atoms with E-state index < -0.39 is 10.1 Å². The van der Waals surface area contributed by atoms with E-state index in [9.17, 15) is 8.42 Å². The van der Waals surface area contributed by atoms with Crippen LogP contribution < -0.4 is 8.92 Å². The minimum atomic E-state index is -3.90. The molecule has 0 N–H and O–H groups in total. The first-order valence-corrected chi connectivity index (χ1v) is 8.08. The Morgan fingerprint density at radius 1 is 0.826 bits per heavy atom. The Labute approximate surface area is 133 Å². The predicted octanol–water partition coefficient (Wildman–Crippen LogP) is 3.04. The molecule has 2 heterocycles. The smallest absolute Gasteiger partial charge is 0.340 e. The van der Waals surface area contributed by atoms with Crippen LogP contribution in [0.1, 0.15) is 0 Å². The zero-order chi connectivity index (χ0) is 16.1. The van der Waals surface area contributed by atoms with Crippen LogP contribution in [0.3, 0.4) is 0 Å². The van der Waals surface area contributed by atoms with E-state index in [0.29, 0.717) is 11.6 Å². The highest BCUT2D eigenvalue weighted by atomic mass is 32.2. The molecule has 0 unspecified atom stereocenters. The molecule has 0 aliphatic rings. The summed E-state index contributed by atoms with van der Waals surface area (Å²) in [4.78, 5) is 7.80. The Morgan fingerprint density at radius 3 is 2.26 bits per heavy atom. The monoisotopic (exact) mass is 328 g/mol. The standard InChI is InChI=1S/C16H12N2O4S/c19-23(20,15-4-3-10-17-12-15)22-14-8-6-13(7-9-14)21-16-5-1-2-11-18-16/h1-12H. The molecular weight excluding hydrogens is 316 g/mol. The summed E-state index contributed by atoms with van der Waals surface area (Å²) in [5, 5.41) is 0. The zero-order valence-electron chi connectivity index (χ0n) is 11.9. The third-order valence-corrected chi connectivity index (χ3v) is 4.04. The summed E-state index contributed by atoms with van der Waals surface area (Å²) in [6, 6.07) is 14.5. The normalized spacial score (nSPS) is 11.0. The van der Waals surface area contributed by atoms with Crippen molar-refractivity contribution in [2.75, 3.05) is 0 Å². The van der Waals surface area contributed by atoms with Gasteiger partial charge >= 0.3 is 10.1 Å². The van der Waals surface area contributed by atoms with Gasteiger partial charge in [0.25, 0.3) is 0 Å². The van der Waals surface area contributed by atoms with E-state index in [1.54, 1.807) is 36.5 Å². The van der Waals surface area contributed by atoms with Gasteiger partial charge in [-0.05, 0) is 42.5 Å². The van der Waals surface area contributed by atoms with Crippen LogP contribution >= 0.6 is 0 Å². The Morgan fingerprint density at radius 2 is 1.61 bits per heavy atom. The highest BCUT2D eigenvalue weighted by Gasteiger charge is 2.16. The van der Waals surface area contributed by atoms with Crippen molar-refractivity contribution in [3.8, 4) is 17.4 Å². The lowest BCUT2D eigenvalue weighted by atomic mass is 10.3. The van der Waals surface area contributed by atoms with E-state index in [-0.39, 0.29) is 10.6 Å². The van der Waals surface area contributed by atoms with Gasteiger partial charge in [-0.1, -0.05) is 6.07 Å². The highest BCUT2D eigenvalue weighted by Crippen LogP contribution is 2.24. The van der Waals surface area contributed by atoms with Crippen LogP contribution in [0, 0.1) is 0 Å². The molecule has 7 heteroatoms. The van der Waals surface area contributed by atoms with E-state index in [4.69, 9.17) is 8.92 Å². The van der Waals surface area contributed by atoms with Gasteiger partial charge in [-0.3, -0.25) is 4.98 Å². The SMILES string of the molecule is O=S(=O)(Oc1ccc(Oc2ccccn2)cc1)c1cccnc1.